The fraction of sp³-hybridized carbons (Fsp3) is 0.115. The Morgan fingerprint density at radius 2 is 1.65 bits per heavy atom. The molecule has 34 heavy (non-hydrogen) atoms. The molecule has 0 aliphatic rings. The standard InChI is InChI=1S/C26H20F3N3O2/c1-17-14-23(33)24(31-32(17)21-12-7-11-20(16-21)26(27,28)29)25(34)30-22-13-6-5-10-19(22)15-18-8-3-2-4-9-18/h2-14,16H,15H2,1H3,(H,30,34). The van der Waals surface area contributed by atoms with Crippen LogP contribution < -0.4 is 10.7 Å². The molecule has 1 aromatic heterocycles. The number of nitrogens with zero attached hydrogens (tertiary/aromatic N) is 2. The highest BCUT2D eigenvalue weighted by Gasteiger charge is 2.30. The van der Waals surface area contributed by atoms with Gasteiger partial charge >= 0.3 is 6.18 Å². The quantitative estimate of drug-likeness (QED) is 0.431. The van der Waals surface area contributed by atoms with E-state index in [9.17, 15) is 22.8 Å². The summed E-state index contributed by atoms with van der Waals surface area (Å²) in [5.74, 6) is -0.744. The zero-order valence-corrected chi connectivity index (χ0v) is 18.1. The smallest absolute Gasteiger partial charge is 0.320 e. The van der Waals surface area contributed by atoms with Gasteiger partial charge in [0.05, 0.1) is 11.3 Å². The molecule has 0 spiro atoms. The van der Waals surface area contributed by atoms with Crippen molar-refractivity contribution < 1.29 is 18.0 Å². The van der Waals surface area contributed by atoms with E-state index >= 15 is 0 Å². The summed E-state index contributed by atoms with van der Waals surface area (Å²) in [7, 11) is 0. The van der Waals surface area contributed by atoms with Crippen LogP contribution in [0.4, 0.5) is 18.9 Å². The number of aromatic nitrogens is 2. The number of rotatable bonds is 5. The molecule has 0 aliphatic carbocycles. The third-order valence-corrected chi connectivity index (χ3v) is 5.24. The van der Waals surface area contributed by atoms with Gasteiger partial charge in [0.25, 0.3) is 5.91 Å². The molecule has 4 aromatic rings. The van der Waals surface area contributed by atoms with E-state index < -0.39 is 28.8 Å². The third kappa shape index (κ3) is 5.06. The van der Waals surface area contributed by atoms with Crippen LogP contribution in [0.1, 0.15) is 32.9 Å². The molecule has 0 saturated carbocycles. The Kier molecular flexibility index (Phi) is 6.32. The maximum absolute atomic E-state index is 13.1. The second kappa shape index (κ2) is 9.35. The first-order chi connectivity index (χ1) is 16.2. The molecule has 0 saturated heterocycles. The van der Waals surface area contributed by atoms with Crippen LogP contribution in [0.3, 0.4) is 0 Å². The van der Waals surface area contributed by atoms with E-state index in [-0.39, 0.29) is 5.69 Å². The number of amides is 1. The lowest BCUT2D eigenvalue weighted by Crippen LogP contribution is -2.27. The summed E-state index contributed by atoms with van der Waals surface area (Å²) in [6.45, 7) is 1.53. The highest BCUT2D eigenvalue weighted by atomic mass is 19.4. The molecule has 3 aromatic carbocycles. The zero-order chi connectivity index (χ0) is 24.3. The van der Waals surface area contributed by atoms with Crippen molar-refractivity contribution in [3.05, 3.63) is 123 Å². The van der Waals surface area contributed by atoms with Crippen LogP contribution in [0.5, 0.6) is 0 Å². The molecule has 0 aliphatic heterocycles. The van der Waals surface area contributed by atoms with Crippen molar-refractivity contribution in [2.45, 2.75) is 19.5 Å². The highest BCUT2D eigenvalue weighted by molar-refractivity contribution is 6.03. The van der Waals surface area contributed by atoms with Gasteiger partial charge in [0.1, 0.15) is 0 Å². The molecule has 5 nitrogen and oxygen atoms in total. The van der Waals surface area contributed by atoms with Gasteiger partial charge in [0, 0.05) is 17.4 Å². The van der Waals surface area contributed by atoms with Gasteiger partial charge in [0.15, 0.2) is 5.69 Å². The van der Waals surface area contributed by atoms with Crippen molar-refractivity contribution in [3.63, 3.8) is 0 Å². The van der Waals surface area contributed by atoms with E-state index in [1.54, 1.807) is 12.1 Å². The van der Waals surface area contributed by atoms with Gasteiger partial charge < -0.3 is 5.32 Å². The Hall–Kier alpha value is -4.20. The molecule has 0 unspecified atom stereocenters. The van der Waals surface area contributed by atoms with E-state index in [2.05, 4.69) is 10.4 Å². The summed E-state index contributed by atoms with van der Waals surface area (Å²) in [4.78, 5) is 25.5. The van der Waals surface area contributed by atoms with Crippen molar-refractivity contribution in [2.24, 2.45) is 0 Å². The lowest BCUT2D eigenvalue weighted by molar-refractivity contribution is -0.137. The molecule has 8 heteroatoms. The first-order valence-corrected chi connectivity index (χ1v) is 10.4. The predicted molar refractivity (Wildman–Crippen MR) is 123 cm³/mol. The molecule has 1 N–H and O–H groups in total. The number of alkyl halides is 3. The minimum Gasteiger partial charge on any atom is -0.320 e. The largest absolute Gasteiger partial charge is 0.416 e. The van der Waals surface area contributed by atoms with Crippen LogP contribution in [-0.2, 0) is 12.6 Å². The fourth-order valence-electron chi connectivity index (χ4n) is 3.57. The highest BCUT2D eigenvalue weighted by Crippen LogP contribution is 2.30. The Labute approximate surface area is 193 Å². The number of anilines is 1. The number of aryl methyl sites for hydroxylation is 1. The molecule has 1 amide bonds. The van der Waals surface area contributed by atoms with Gasteiger partial charge in [-0.2, -0.15) is 18.3 Å². The maximum Gasteiger partial charge on any atom is 0.416 e. The molecule has 0 fully saturated rings. The Balaban J connectivity index is 1.67. The topological polar surface area (TPSA) is 64.0 Å². The van der Waals surface area contributed by atoms with Crippen LogP contribution in [0.15, 0.2) is 89.7 Å². The van der Waals surface area contributed by atoms with E-state index in [4.69, 9.17) is 0 Å². The maximum atomic E-state index is 13.1. The minimum absolute atomic E-state index is 0.0888. The first-order valence-electron chi connectivity index (χ1n) is 10.4. The zero-order valence-electron chi connectivity index (χ0n) is 18.1. The number of nitrogens with one attached hydrogen (secondary N) is 1. The summed E-state index contributed by atoms with van der Waals surface area (Å²) in [6, 6.07) is 22.6. The van der Waals surface area contributed by atoms with Crippen molar-refractivity contribution in [1.82, 2.24) is 9.78 Å². The molecule has 0 atom stereocenters. The fourth-order valence-corrected chi connectivity index (χ4v) is 3.57. The minimum atomic E-state index is -4.54. The second-order valence-electron chi connectivity index (χ2n) is 7.73. The second-order valence-corrected chi connectivity index (χ2v) is 7.73. The summed E-state index contributed by atoms with van der Waals surface area (Å²) in [5, 5.41) is 6.83. The number of hydrogen-bond donors (Lipinski definition) is 1. The van der Waals surface area contributed by atoms with E-state index in [0.29, 0.717) is 17.8 Å². The molecular weight excluding hydrogens is 443 g/mol. The SMILES string of the molecule is Cc1cc(=O)c(C(=O)Nc2ccccc2Cc2ccccc2)nn1-c1cccc(C(F)(F)F)c1. The van der Waals surface area contributed by atoms with Crippen molar-refractivity contribution >= 4 is 11.6 Å². The molecule has 0 bridgehead atoms. The van der Waals surface area contributed by atoms with Crippen LogP contribution in [-0.4, -0.2) is 15.7 Å². The molecular formula is C26H20F3N3O2. The van der Waals surface area contributed by atoms with Crippen LogP contribution in [0, 0.1) is 6.92 Å². The van der Waals surface area contributed by atoms with Gasteiger partial charge in [0.2, 0.25) is 5.43 Å². The van der Waals surface area contributed by atoms with E-state index in [0.717, 1.165) is 27.9 Å². The van der Waals surface area contributed by atoms with Crippen LogP contribution in [0.25, 0.3) is 5.69 Å². The van der Waals surface area contributed by atoms with Crippen molar-refractivity contribution in [1.29, 1.82) is 0 Å². The van der Waals surface area contributed by atoms with Gasteiger partial charge in [-0.1, -0.05) is 54.6 Å². The number of carbonyl (C=O) groups excluding carboxylic acids is 1. The molecule has 1 heterocycles. The van der Waals surface area contributed by atoms with Gasteiger partial charge in [-0.25, -0.2) is 4.68 Å². The van der Waals surface area contributed by atoms with Crippen molar-refractivity contribution in [2.75, 3.05) is 5.32 Å². The average molecular weight is 463 g/mol. The summed E-state index contributed by atoms with van der Waals surface area (Å²) < 4.78 is 40.6. The van der Waals surface area contributed by atoms with Crippen LogP contribution in [0.2, 0.25) is 0 Å². The summed E-state index contributed by atoms with van der Waals surface area (Å²) in [6.07, 6.45) is -3.97. The Bertz CT molecular complexity index is 1400. The average Bonchev–Trinajstić information content (AvgIpc) is 2.80. The van der Waals surface area contributed by atoms with Gasteiger partial charge in [-0.05, 0) is 48.7 Å². The van der Waals surface area contributed by atoms with Gasteiger partial charge in [-0.15, -0.1) is 0 Å². The number of halogens is 3. The number of carbonyl (C=O) groups is 1. The number of hydrogen-bond acceptors (Lipinski definition) is 3. The monoisotopic (exact) mass is 463 g/mol. The van der Waals surface area contributed by atoms with E-state index in [1.165, 1.54) is 25.1 Å². The lowest BCUT2D eigenvalue weighted by Gasteiger charge is -2.14. The van der Waals surface area contributed by atoms with Crippen molar-refractivity contribution in [3.8, 4) is 5.69 Å². The summed E-state index contributed by atoms with van der Waals surface area (Å²) in [5.41, 5.74) is 0.888. The lowest BCUT2D eigenvalue weighted by atomic mass is 10.0. The predicted octanol–water partition coefficient (Wildman–Crippen LogP) is 5.40. The first kappa shape index (κ1) is 23.0. The van der Waals surface area contributed by atoms with Gasteiger partial charge in [-0.3, -0.25) is 9.59 Å². The van der Waals surface area contributed by atoms with E-state index in [1.807, 2.05) is 42.5 Å². The Morgan fingerprint density at radius 1 is 0.941 bits per heavy atom. The third-order valence-electron chi connectivity index (χ3n) is 5.24. The Morgan fingerprint density at radius 3 is 2.38 bits per heavy atom. The molecule has 0 radical (unpaired) electrons. The molecule has 172 valence electrons. The number of benzene rings is 3. The van der Waals surface area contributed by atoms with Crippen LogP contribution >= 0.6 is 0 Å². The molecule has 4 rings (SSSR count). The summed E-state index contributed by atoms with van der Waals surface area (Å²) >= 11 is 0. The normalized spacial score (nSPS) is 11.3. The number of para-hydroxylation sites is 1.